The Morgan fingerprint density at radius 1 is 1.00 bits per heavy atom. The van der Waals surface area contributed by atoms with Crippen LogP contribution in [0.4, 0.5) is 14.9 Å². The monoisotopic (exact) mass is 475 g/mol. The largest absolute Gasteiger partial charge is 0.478 e. The summed E-state index contributed by atoms with van der Waals surface area (Å²) in [5.41, 5.74) is 3.76. The van der Waals surface area contributed by atoms with Crippen LogP contribution in [0.15, 0.2) is 66.7 Å². The van der Waals surface area contributed by atoms with E-state index < -0.39 is 12.0 Å². The van der Waals surface area contributed by atoms with Crippen LogP contribution in [-0.2, 0) is 11.3 Å². The summed E-state index contributed by atoms with van der Waals surface area (Å²) >= 11 is 0. The van der Waals surface area contributed by atoms with E-state index in [1.807, 2.05) is 12.1 Å². The van der Waals surface area contributed by atoms with Crippen LogP contribution in [0.25, 0.3) is 11.1 Å². The van der Waals surface area contributed by atoms with Crippen LogP contribution in [0.5, 0.6) is 0 Å². The minimum Gasteiger partial charge on any atom is -0.478 e. The molecule has 4 rings (SSSR count). The summed E-state index contributed by atoms with van der Waals surface area (Å²) in [5.74, 6) is -1.57. The Morgan fingerprint density at radius 2 is 1.66 bits per heavy atom. The molecule has 0 bridgehead atoms. The van der Waals surface area contributed by atoms with Crippen molar-refractivity contribution in [1.29, 1.82) is 0 Å². The molecule has 3 N–H and O–H groups in total. The average Bonchev–Trinajstić information content (AvgIpc) is 3.35. The number of nitrogens with zero attached hydrogens (tertiary/aromatic N) is 1. The van der Waals surface area contributed by atoms with Gasteiger partial charge in [-0.05, 0) is 72.4 Å². The molecule has 0 saturated carbocycles. The summed E-state index contributed by atoms with van der Waals surface area (Å²) in [6.07, 6.45) is 1.28. The summed E-state index contributed by atoms with van der Waals surface area (Å²) in [6.45, 7) is 2.32. The molecule has 0 aromatic heterocycles. The number of carbonyl (C=O) groups excluding carboxylic acids is 2. The van der Waals surface area contributed by atoms with E-state index >= 15 is 0 Å². The SMILES string of the molecule is Cc1ccc(CNC(=O)N2CCC[C@@H]2C(=O)Nc2ccc(-c3ccc(C(=O)O)cc3)cc2)cc1F. The Balaban J connectivity index is 1.35. The Kier molecular flexibility index (Phi) is 7.10. The topological polar surface area (TPSA) is 98.7 Å². The molecule has 0 unspecified atom stereocenters. The molecule has 1 heterocycles. The quantitative estimate of drug-likeness (QED) is 0.476. The van der Waals surface area contributed by atoms with E-state index in [4.69, 9.17) is 5.11 Å². The smallest absolute Gasteiger partial charge is 0.335 e. The lowest BCUT2D eigenvalue weighted by molar-refractivity contribution is -0.119. The summed E-state index contributed by atoms with van der Waals surface area (Å²) < 4.78 is 13.7. The number of carboxylic acid groups (broad SMARTS) is 1. The number of hydrogen-bond donors (Lipinski definition) is 3. The van der Waals surface area contributed by atoms with Crippen LogP contribution in [-0.4, -0.2) is 40.5 Å². The molecule has 0 aliphatic carbocycles. The van der Waals surface area contributed by atoms with Gasteiger partial charge < -0.3 is 20.6 Å². The zero-order chi connectivity index (χ0) is 24.9. The van der Waals surface area contributed by atoms with E-state index in [0.717, 1.165) is 17.5 Å². The van der Waals surface area contributed by atoms with Crippen molar-refractivity contribution in [3.8, 4) is 11.1 Å². The molecule has 8 heteroatoms. The normalized spacial score (nSPS) is 15.0. The second-order valence-electron chi connectivity index (χ2n) is 8.54. The number of nitrogens with one attached hydrogen (secondary N) is 2. The van der Waals surface area contributed by atoms with Gasteiger partial charge in [0.2, 0.25) is 5.91 Å². The highest BCUT2D eigenvalue weighted by molar-refractivity contribution is 5.97. The average molecular weight is 476 g/mol. The first kappa shape index (κ1) is 23.9. The highest BCUT2D eigenvalue weighted by Crippen LogP contribution is 2.24. The lowest BCUT2D eigenvalue weighted by Crippen LogP contribution is -2.47. The van der Waals surface area contributed by atoms with Crippen molar-refractivity contribution in [2.24, 2.45) is 0 Å². The van der Waals surface area contributed by atoms with Crippen LogP contribution in [0.3, 0.4) is 0 Å². The second-order valence-corrected chi connectivity index (χ2v) is 8.54. The molecule has 1 saturated heterocycles. The maximum Gasteiger partial charge on any atom is 0.335 e. The van der Waals surface area contributed by atoms with Crippen molar-refractivity contribution >= 4 is 23.6 Å². The first-order valence-electron chi connectivity index (χ1n) is 11.4. The summed E-state index contributed by atoms with van der Waals surface area (Å²) in [7, 11) is 0. The molecule has 180 valence electrons. The number of urea groups is 1. The number of amides is 3. The van der Waals surface area contributed by atoms with Gasteiger partial charge in [-0.2, -0.15) is 0 Å². The number of halogens is 1. The zero-order valence-corrected chi connectivity index (χ0v) is 19.3. The van der Waals surface area contributed by atoms with Gasteiger partial charge in [0.05, 0.1) is 5.56 Å². The third-order valence-corrected chi connectivity index (χ3v) is 6.11. The van der Waals surface area contributed by atoms with Crippen LogP contribution < -0.4 is 10.6 Å². The van der Waals surface area contributed by atoms with Gasteiger partial charge in [0, 0.05) is 18.8 Å². The third-order valence-electron chi connectivity index (χ3n) is 6.11. The van der Waals surface area contributed by atoms with E-state index in [-0.39, 0.29) is 29.9 Å². The summed E-state index contributed by atoms with van der Waals surface area (Å²) in [5, 5.41) is 14.7. The van der Waals surface area contributed by atoms with Crippen LogP contribution in [0, 0.1) is 12.7 Å². The van der Waals surface area contributed by atoms with Crippen molar-refractivity contribution < 1.29 is 23.9 Å². The number of anilines is 1. The van der Waals surface area contributed by atoms with Gasteiger partial charge in [-0.15, -0.1) is 0 Å². The van der Waals surface area contributed by atoms with Crippen molar-refractivity contribution in [1.82, 2.24) is 10.2 Å². The van der Waals surface area contributed by atoms with Crippen molar-refractivity contribution in [3.63, 3.8) is 0 Å². The molecule has 1 fully saturated rings. The van der Waals surface area contributed by atoms with E-state index in [2.05, 4.69) is 10.6 Å². The number of rotatable bonds is 6. The maximum absolute atomic E-state index is 13.7. The summed E-state index contributed by atoms with van der Waals surface area (Å²) in [6, 6.07) is 17.6. The Bertz CT molecular complexity index is 1240. The van der Waals surface area contributed by atoms with Gasteiger partial charge in [0.15, 0.2) is 0 Å². The first-order valence-corrected chi connectivity index (χ1v) is 11.4. The fourth-order valence-electron chi connectivity index (χ4n) is 4.08. The molecule has 7 nitrogen and oxygen atoms in total. The van der Waals surface area contributed by atoms with Gasteiger partial charge >= 0.3 is 12.0 Å². The molecule has 1 aliphatic rings. The molecule has 0 radical (unpaired) electrons. The van der Waals surface area contributed by atoms with E-state index in [1.54, 1.807) is 55.5 Å². The minimum absolute atomic E-state index is 0.176. The Hall–Kier alpha value is -4.20. The fraction of sp³-hybridized carbons (Fsp3) is 0.222. The molecule has 1 atom stereocenters. The molecule has 3 aromatic rings. The van der Waals surface area contributed by atoms with Gasteiger partial charge in [-0.25, -0.2) is 14.0 Å². The Morgan fingerprint density at radius 3 is 2.29 bits per heavy atom. The second kappa shape index (κ2) is 10.4. The van der Waals surface area contributed by atoms with Crippen LogP contribution in [0.2, 0.25) is 0 Å². The highest BCUT2D eigenvalue weighted by Gasteiger charge is 2.34. The zero-order valence-electron chi connectivity index (χ0n) is 19.3. The lowest BCUT2D eigenvalue weighted by Gasteiger charge is -2.24. The number of aryl methyl sites for hydroxylation is 1. The summed E-state index contributed by atoms with van der Waals surface area (Å²) in [4.78, 5) is 38.1. The standard InChI is InChI=1S/C27H26FN3O4/c1-17-4-5-18(15-23(17)28)16-29-27(35)31-14-2-3-24(31)25(32)30-22-12-10-20(11-13-22)19-6-8-21(9-7-19)26(33)34/h4-13,15,24H,2-3,14,16H2,1H3,(H,29,35)(H,30,32)(H,33,34)/t24-/m1/s1. The molecular weight excluding hydrogens is 449 g/mol. The van der Waals surface area contributed by atoms with Crippen molar-refractivity contribution in [2.75, 3.05) is 11.9 Å². The number of benzene rings is 3. The Labute approximate surface area is 202 Å². The minimum atomic E-state index is -0.978. The molecule has 0 spiro atoms. The maximum atomic E-state index is 13.7. The fourth-order valence-corrected chi connectivity index (χ4v) is 4.08. The van der Waals surface area contributed by atoms with Gasteiger partial charge in [0.25, 0.3) is 0 Å². The van der Waals surface area contributed by atoms with Gasteiger partial charge in [0.1, 0.15) is 11.9 Å². The lowest BCUT2D eigenvalue weighted by atomic mass is 10.0. The number of carbonyl (C=O) groups is 3. The van der Waals surface area contributed by atoms with Gasteiger partial charge in [-0.1, -0.05) is 36.4 Å². The molecule has 3 amide bonds. The van der Waals surface area contributed by atoms with Crippen molar-refractivity contribution in [3.05, 3.63) is 89.2 Å². The third kappa shape index (κ3) is 5.66. The number of aromatic carboxylic acids is 1. The first-order chi connectivity index (χ1) is 16.8. The van der Waals surface area contributed by atoms with Gasteiger partial charge in [-0.3, -0.25) is 4.79 Å². The highest BCUT2D eigenvalue weighted by atomic mass is 19.1. The predicted octanol–water partition coefficient (Wildman–Crippen LogP) is 4.81. The number of likely N-dealkylation sites (tertiary alicyclic amines) is 1. The van der Waals surface area contributed by atoms with E-state index in [9.17, 15) is 18.8 Å². The molecule has 1 aliphatic heterocycles. The van der Waals surface area contributed by atoms with E-state index in [0.29, 0.717) is 29.8 Å². The van der Waals surface area contributed by atoms with Crippen molar-refractivity contribution in [2.45, 2.75) is 32.4 Å². The predicted molar refractivity (Wildman–Crippen MR) is 131 cm³/mol. The van der Waals surface area contributed by atoms with Crippen LogP contribution in [0.1, 0.15) is 34.3 Å². The number of hydrogen-bond acceptors (Lipinski definition) is 3. The molecule has 3 aromatic carbocycles. The molecule has 35 heavy (non-hydrogen) atoms. The number of carboxylic acids is 1. The van der Waals surface area contributed by atoms with E-state index in [1.165, 1.54) is 11.0 Å². The molecular formula is C27H26FN3O4. The van der Waals surface area contributed by atoms with Crippen LogP contribution >= 0.6 is 0 Å².